The van der Waals surface area contributed by atoms with Crippen molar-refractivity contribution in [3.8, 4) is 0 Å². The molecule has 0 saturated carbocycles. The third-order valence-corrected chi connectivity index (χ3v) is 3.37. The lowest BCUT2D eigenvalue weighted by Crippen LogP contribution is -2.18. The van der Waals surface area contributed by atoms with Gasteiger partial charge in [-0.1, -0.05) is 23.7 Å². The lowest BCUT2D eigenvalue weighted by Gasteiger charge is -2.16. The number of nitrogens with one attached hydrogen (secondary N) is 1. The van der Waals surface area contributed by atoms with E-state index in [0.717, 1.165) is 5.56 Å². The summed E-state index contributed by atoms with van der Waals surface area (Å²) in [7, 11) is 0. The summed E-state index contributed by atoms with van der Waals surface area (Å²) in [5, 5.41) is 12.4. The van der Waals surface area contributed by atoms with Crippen LogP contribution >= 0.6 is 11.6 Å². The normalized spacial score (nSPS) is 12.0. The van der Waals surface area contributed by atoms with Crippen LogP contribution in [0.3, 0.4) is 0 Å². The second-order valence-electron chi connectivity index (χ2n) is 4.88. The molecule has 2 rings (SSSR count). The Balaban J connectivity index is 2.07. The van der Waals surface area contributed by atoms with Gasteiger partial charge in [-0.05, 0) is 49.2 Å². The van der Waals surface area contributed by atoms with Crippen molar-refractivity contribution in [1.29, 1.82) is 0 Å². The van der Waals surface area contributed by atoms with Gasteiger partial charge in [-0.3, -0.25) is 0 Å². The minimum atomic E-state index is -1.07. The van der Waals surface area contributed by atoms with Crippen LogP contribution in [0.15, 0.2) is 42.5 Å². The molecule has 5 heteroatoms. The number of carboxylic acids is 1. The molecule has 0 amide bonds. The van der Waals surface area contributed by atoms with Crippen molar-refractivity contribution >= 4 is 23.3 Å². The predicted octanol–water partition coefficient (Wildman–Crippen LogP) is 4.22. The molecule has 0 fully saturated rings. The van der Waals surface area contributed by atoms with Gasteiger partial charge in [0.05, 0.1) is 10.6 Å². The fraction of sp³-hybridized carbons (Fsp3) is 0.188. The van der Waals surface area contributed by atoms with Crippen LogP contribution < -0.4 is 5.32 Å². The van der Waals surface area contributed by atoms with E-state index >= 15 is 0 Å². The third kappa shape index (κ3) is 4.20. The Hall–Kier alpha value is -2.07. The molecular formula is C16H15ClFNO2. The predicted molar refractivity (Wildman–Crippen MR) is 81.6 cm³/mol. The lowest BCUT2D eigenvalue weighted by atomic mass is 10.1. The van der Waals surface area contributed by atoms with E-state index in [2.05, 4.69) is 5.32 Å². The second kappa shape index (κ2) is 6.59. The number of carboxylic acid groups (broad SMARTS) is 1. The van der Waals surface area contributed by atoms with Crippen LogP contribution in [0.25, 0.3) is 0 Å². The number of hydrogen-bond donors (Lipinski definition) is 2. The standard InChI is InChI=1S/C16H15ClFNO2/c1-10(7-11-3-2-4-12(18)8-11)19-13-5-6-15(17)14(9-13)16(20)21/h2-6,8-10,19H,7H2,1H3,(H,20,21). The van der Waals surface area contributed by atoms with Gasteiger partial charge in [-0.25, -0.2) is 9.18 Å². The quantitative estimate of drug-likeness (QED) is 0.869. The van der Waals surface area contributed by atoms with Crippen molar-refractivity contribution in [2.24, 2.45) is 0 Å². The molecule has 0 aliphatic rings. The van der Waals surface area contributed by atoms with Crippen LogP contribution in [0, 0.1) is 5.82 Å². The Bertz CT molecular complexity index is 660. The number of rotatable bonds is 5. The number of halogens is 2. The first-order valence-electron chi connectivity index (χ1n) is 6.49. The first kappa shape index (κ1) is 15.3. The summed E-state index contributed by atoms with van der Waals surface area (Å²) in [6.45, 7) is 1.94. The zero-order chi connectivity index (χ0) is 15.4. The minimum Gasteiger partial charge on any atom is -0.478 e. The zero-order valence-electron chi connectivity index (χ0n) is 11.4. The van der Waals surface area contributed by atoms with Gasteiger partial charge >= 0.3 is 5.97 Å². The van der Waals surface area contributed by atoms with E-state index in [-0.39, 0.29) is 22.4 Å². The van der Waals surface area contributed by atoms with Gasteiger partial charge in [0.2, 0.25) is 0 Å². The molecule has 0 radical (unpaired) electrons. The minimum absolute atomic E-state index is 0.0228. The summed E-state index contributed by atoms with van der Waals surface area (Å²) in [6.07, 6.45) is 0.628. The van der Waals surface area contributed by atoms with E-state index in [1.807, 2.05) is 13.0 Å². The molecule has 110 valence electrons. The van der Waals surface area contributed by atoms with Gasteiger partial charge in [-0.2, -0.15) is 0 Å². The van der Waals surface area contributed by atoms with E-state index in [1.54, 1.807) is 18.2 Å². The van der Waals surface area contributed by atoms with E-state index < -0.39 is 5.97 Å². The Kier molecular flexibility index (Phi) is 4.81. The van der Waals surface area contributed by atoms with Crippen LogP contribution in [0.1, 0.15) is 22.8 Å². The highest BCUT2D eigenvalue weighted by molar-refractivity contribution is 6.33. The monoisotopic (exact) mass is 307 g/mol. The van der Waals surface area contributed by atoms with Crippen LogP contribution in [-0.2, 0) is 6.42 Å². The summed E-state index contributed by atoms with van der Waals surface area (Å²) in [5.74, 6) is -1.33. The van der Waals surface area contributed by atoms with Gasteiger partial charge < -0.3 is 10.4 Å². The summed E-state index contributed by atoms with van der Waals surface area (Å²) >= 11 is 5.82. The Morgan fingerprint density at radius 3 is 2.76 bits per heavy atom. The highest BCUT2D eigenvalue weighted by Crippen LogP contribution is 2.21. The maximum Gasteiger partial charge on any atom is 0.337 e. The summed E-state index contributed by atoms with van der Waals surface area (Å²) in [6, 6.07) is 11.2. The molecule has 0 saturated heterocycles. The first-order chi connectivity index (χ1) is 9.95. The maximum absolute atomic E-state index is 13.1. The molecule has 0 spiro atoms. The van der Waals surface area contributed by atoms with Gasteiger partial charge in [0, 0.05) is 11.7 Å². The fourth-order valence-electron chi connectivity index (χ4n) is 2.13. The van der Waals surface area contributed by atoms with Crippen molar-refractivity contribution in [2.75, 3.05) is 5.32 Å². The molecule has 0 aliphatic heterocycles. The van der Waals surface area contributed by atoms with Crippen LogP contribution in [0.5, 0.6) is 0 Å². The molecule has 2 aromatic carbocycles. The van der Waals surface area contributed by atoms with Crippen LogP contribution in [0.4, 0.5) is 10.1 Å². The topological polar surface area (TPSA) is 49.3 Å². The molecule has 2 N–H and O–H groups in total. The highest BCUT2D eigenvalue weighted by atomic mass is 35.5. The number of carbonyl (C=O) groups is 1. The molecule has 2 aromatic rings. The van der Waals surface area contributed by atoms with Crippen molar-refractivity contribution < 1.29 is 14.3 Å². The van der Waals surface area contributed by atoms with Crippen molar-refractivity contribution in [3.63, 3.8) is 0 Å². The van der Waals surface area contributed by atoms with Crippen molar-refractivity contribution in [1.82, 2.24) is 0 Å². The Morgan fingerprint density at radius 1 is 1.33 bits per heavy atom. The van der Waals surface area contributed by atoms with Crippen LogP contribution in [-0.4, -0.2) is 17.1 Å². The van der Waals surface area contributed by atoms with Crippen LogP contribution in [0.2, 0.25) is 5.02 Å². The van der Waals surface area contributed by atoms with Gasteiger partial charge in [-0.15, -0.1) is 0 Å². The highest BCUT2D eigenvalue weighted by Gasteiger charge is 2.11. The molecule has 0 aromatic heterocycles. The average molecular weight is 308 g/mol. The number of benzene rings is 2. The molecule has 0 bridgehead atoms. The van der Waals surface area contributed by atoms with Gasteiger partial charge in [0.15, 0.2) is 0 Å². The SMILES string of the molecule is CC(Cc1cccc(F)c1)Nc1ccc(Cl)c(C(=O)O)c1. The number of anilines is 1. The summed E-state index contributed by atoms with van der Waals surface area (Å²) < 4.78 is 13.1. The van der Waals surface area contributed by atoms with Gasteiger partial charge in [0.25, 0.3) is 0 Å². The average Bonchev–Trinajstić information content (AvgIpc) is 2.40. The molecule has 21 heavy (non-hydrogen) atoms. The van der Waals surface area contributed by atoms with Crippen molar-refractivity contribution in [2.45, 2.75) is 19.4 Å². The van der Waals surface area contributed by atoms with Gasteiger partial charge in [0.1, 0.15) is 5.82 Å². The lowest BCUT2D eigenvalue weighted by molar-refractivity contribution is 0.0697. The molecule has 3 nitrogen and oxygen atoms in total. The van der Waals surface area contributed by atoms with E-state index in [1.165, 1.54) is 18.2 Å². The summed E-state index contributed by atoms with van der Waals surface area (Å²) in [5.41, 5.74) is 1.60. The van der Waals surface area contributed by atoms with Crippen molar-refractivity contribution in [3.05, 3.63) is 64.4 Å². The Morgan fingerprint density at radius 2 is 2.10 bits per heavy atom. The summed E-state index contributed by atoms with van der Waals surface area (Å²) in [4.78, 5) is 11.0. The number of hydrogen-bond acceptors (Lipinski definition) is 2. The van der Waals surface area contributed by atoms with E-state index in [9.17, 15) is 9.18 Å². The van der Waals surface area contributed by atoms with E-state index in [4.69, 9.17) is 16.7 Å². The largest absolute Gasteiger partial charge is 0.478 e. The zero-order valence-corrected chi connectivity index (χ0v) is 12.2. The number of aromatic carboxylic acids is 1. The second-order valence-corrected chi connectivity index (χ2v) is 5.29. The van der Waals surface area contributed by atoms with E-state index in [0.29, 0.717) is 12.1 Å². The first-order valence-corrected chi connectivity index (χ1v) is 6.87. The molecule has 0 heterocycles. The third-order valence-electron chi connectivity index (χ3n) is 3.04. The molecule has 0 aliphatic carbocycles. The Labute approximate surface area is 127 Å². The fourth-order valence-corrected chi connectivity index (χ4v) is 2.33. The smallest absolute Gasteiger partial charge is 0.337 e. The molecular weight excluding hydrogens is 293 g/mol. The maximum atomic E-state index is 13.1. The molecule has 1 unspecified atom stereocenters. The molecule has 1 atom stereocenters.